The molecule has 0 aliphatic carbocycles. The normalized spacial score (nSPS) is 10.7. The van der Waals surface area contributed by atoms with E-state index in [1.165, 1.54) is 24.4 Å². The zero-order valence-corrected chi connectivity index (χ0v) is 15.0. The Labute approximate surface area is 161 Å². The van der Waals surface area contributed by atoms with Crippen molar-refractivity contribution in [2.24, 2.45) is 0 Å². The fourth-order valence-corrected chi connectivity index (χ4v) is 2.39. The molecule has 0 saturated heterocycles. The summed E-state index contributed by atoms with van der Waals surface area (Å²) in [6.45, 7) is 0.202. The first kappa shape index (κ1) is 18.6. The van der Waals surface area contributed by atoms with E-state index in [1.807, 2.05) is 12.1 Å². The highest BCUT2D eigenvalue weighted by molar-refractivity contribution is 6.30. The van der Waals surface area contributed by atoms with E-state index in [1.54, 1.807) is 42.6 Å². The molecule has 2 aromatic carbocycles. The first-order valence-corrected chi connectivity index (χ1v) is 8.56. The summed E-state index contributed by atoms with van der Waals surface area (Å²) in [6, 6.07) is 15.0. The second-order valence-corrected chi connectivity index (χ2v) is 6.09. The number of hydrogen-bond donors (Lipinski definition) is 1. The second-order valence-electron chi connectivity index (χ2n) is 5.66. The molecule has 1 aromatic heterocycles. The largest absolute Gasteiger partial charge is 0.453 e. The Kier molecular flexibility index (Phi) is 6.18. The van der Waals surface area contributed by atoms with E-state index < -0.39 is 5.82 Å². The number of carbonyl (C=O) groups is 1. The molecule has 3 aromatic rings. The zero-order valence-electron chi connectivity index (χ0n) is 14.2. The average Bonchev–Trinajstić information content (AvgIpc) is 2.68. The summed E-state index contributed by atoms with van der Waals surface area (Å²) in [5, 5.41) is 3.34. The molecule has 0 aliphatic heterocycles. The number of hydrogen-bond acceptors (Lipinski definition) is 3. The monoisotopic (exact) mass is 382 g/mol. The van der Waals surface area contributed by atoms with Crippen molar-refractivity contribution in [3.8, 4) is 11.5 Å². The number of pyridine rings is 1. The van der Waals surface area contributed by atoms with Crippen molar-refractivity contribution >= 4 is 23.6 Å². The second kappa shape index (κ2) is 8.96. The number of amides is 1. The van der Waals surface area contributed by atoms with Crippen molar-refractivity contribution in [1.82, 2.24) is 10.3 Å². The molecular formula is C21H16ClFN2O2. The third kappa shape index (κ3) is 5.66. The highest BCUT2D eigenvalue weighted by Crippen LogP contribution is 2.24. The molecule has 0 spiro atoms. The van der Waals surface area contributed by atoms with Gasteiger partial charge in [-0.25, -0.2) is 4.39 Å². The van der Waals surface area contributed by atoms with E-state index in [0.29, 0.717) is 16.3 Å². The van der Waals surface area contributed by atoms with Gasteiger partial charge in [0.25, 0.3) is 0 Å². The predicted molar refractivity (Wildman–Crippen MR) is 103 cm³/mol. The quantitative estimate of drug-likeness (QED) is 0.610. The molecule has 3 rings (SSSR count). The van der Waals surface area contributed by atoms with Gasteiger partial charge >= 0.3 is 0 Å². The maximum absolute atomic E-state index is 14.2. The Hall–Kier alpha value is -3.18. The van der Waals surface area contributed by atoms with Crippen molar-refractivity contribution in [2.75, 3.05) is 0 Å². The van der Waals surface area contributed by atoms with Gasteiger partial charge in [-0.1, -0.05) is 29.8 Å². The number of nitrogens with one attached hydrogen (secondary N) is 1. The van der Waals surface area contributed by atoms with Crippen LogP contribution in [0.5, 0.6) is 11.5 Å². The molecule has 0 radical (unpaired) electrons. The Bertz CT molecular complexity index is 944. The van der Waals surface area contributed by atoms with Gasteiger partial charge < -0.3 is 10.1 Å². The van der Waals surface area contributed by atoms with E-state index >= 15 is 0 Å². The van der Waals surface area contributed by atoms with Crippen molar-refractivity contribution in [1.29, 1.82) is 0 Å². The van der Waals surface area contributed by atoms with Crippen LogP contribution in [-0.2, 0) is 11.3 Å². The van der Waals surface area contributed by atoms with Crippen LogP contribution in [0.25, 0.3) is 6.08 Å². The van der Waals surface area contributed by atoms with E-state index in [0.717, 1.165) is 5.56 Å². The van der Waals surface area contributed by atoms with Gasteiger partial charge in [0.2, 0.25) is 5.91 Å². The maximum atomic E-state index is 14.2. The van der Waals surface area contributed by atoms with Crippen LogP contribution < -0.4 is 10.1 Å². The van der Waals surface area contributed by atoms with Crippen molar-refractivity contribution in [3.63, 3.8) is 0 Å². The number of rotatable bonds is 6. The van der Waals surface area contributed by atoms with Crippen LogP contribution in [0.4, 0.5) is 4.39 Å². The summed E-state index contributed by atoms with van der Waals surface area (Å²) in [7, 11) is 0. The van der Waals surface area contributed by atoms with Crippen LogP contribution in [0.15, 0.2) is 73.1 Å². The predicted octanol–water partition coefficient (Wildman–Crippen LogP) is 5.00. The van der Waals surface area contributed by atoms with Gasteiger partial charge in [0, 0.05) is 23.8 Å². The van der Waals surface area contributed by atoms with Gasteiger partial charge in [0.05, 0.1) is 6.20 Å². The third-order valence-electron chi connectivity index (χ3n) is 3.62. The highest BCUT2D eigenvalue weighted by atomic mass is 35.5. The minimum absolute atomic E-state index is 0.0979. The first-order valence-electron chi connectivity index (χ1n) is 8.18. The van der Waals surface area contributed by atoms with Crippen LogP contribution in [0, 0.1) is 5.82 Å². The van der Waals surface area contributed by atoms with Gasteiger partial charge in [-0.2, -0.15) is 0 Å². The third-order valence-corrected chi connectivity index (χ3v) is 3.87. The smallest absolute Gasteiger partial charge is 0.244 e. The number of aromatic nitrogens is 1. The number of nitrogens with zero attached hydrogens (tertiary/aromatic N) is 1. The summed E-state index contributed by atoms with van der Waals surface area (Å²) in [5.74, 6) is -0.242. The molecule has 1 heterocycles. The van der Waals surface area contributed by atoms with Crippen molar-refractivity contribution in [3.05, 3.63) is 95.0 Å². The summed E-state index contributed by atoms with van der Waals surface area (Å²) in [4.78, 5) is 15.8. The molecule has 1 N–H and O–H groups in total. The fourth-order valence-electron chi connectivity index (χ4n) is 2.27. The maximum Gasteiger partial charge on any atom is 0.244 e. The highest BCUT2D eigenvalue weighted by Gasteiger charge is 2.07. The lowest BCUT2D eigenvalue weighted by atomic mass is 10.2. The molecule has 0 bridgehead atoms. The van der Waals surface area contributed by atoms with Crippen LogP contribution in [0.1, 0.15) is 11.1 Å². The molecule has 27 heavy (non-hydrogen) atoms. The zero-order chi connectivity index (χ0) is 19.1. The van der Waals surface area contributed by atoms with Crippen LogP contribution in [0.3, 0.4) is 0 Å². The summed E-state index contributed by atoms with van der Waals surface area (Å²) < 4.78 is 19.6. The van der Waals surface area contributed by atoms with E-state index in [2.05, 4.69) is 10.3 Å². The summed E-state index contributed by atoms with van der Waals surface area (Å²) >= 11 is 5.82. The standard InChI is InChI=1S/C21H16ClFN2O2/c22-17-7-3-15(4-8-17)6-10-21(26)25-13-16-5-9-20(19(23)12-16)27-18-2-1-11-24-14-18/h1-12,14H,13H2,(H,25,26)/b10-6+. The fraction of sp³-hybridized carbons (Fsp3) is 0.0476. The Balaban J connectivity index is 1.55. The van der Waals surface area contributed by atoms with E-state index in [-0.39, 0.29) is 18.2 Å². The number of carbonyl (C=O) groups excluding carboxylic acids is 1. The molecule has 1 amide bonds. The lowest BCUT2D eigenvalue weighted by molar-refractivity contribution is -0.116. The molecule has 0 unspecified atom stereocenters. The Morgan fingerprint density at radius 1 is 1.19 bits per heavy atom. The van der Waals surface area contributed by atoms with Crippen molar-refractivity contribution in [2.45, 2.75) is 6.54 Å². The van der Waals surface area contributed by atoms with Gasteiger partial charge in [-0.3, -0.25) is 9.78 Å². The van der Waals surface area contributed by atoms with Crippen molar-refractivity contribution < 1.29 is 13.9 Å². The van der Waals surface area contributed by atoms with E-state index in [9.17, 15) is 9.18 Å². The minimum atomic E-state index is -0.512. The van der Waals surface area contributed by atoms with Crippen LogP contribution in [-0.4, -0.2) is 10.9 Å². The van der Waals surface area contributed by atoms with Crippen LogP contribution >= 0.6 is 11.6 Å². The summed E-state index contributed by atoms with van der Waals surface area (Å²) in [5.41, 5.74) is 1.48. The molecule has 0 saturated carbocycles. The lowest BCUT2D eigenvalue weighted by Gasteiger charge is -2.08. The SMILES string of the molecule is O=C(/C=C/c1ccc(Cl)cc1)NCc1ccc(Oc2cccnc2)c(F)c1. The molecule has 6 heteroatoms. The van der Waals surface area contributed by atoms with Crippen LogP contribution in [0.2, 0.25) is 5.02 Å². The Morgan fingerprint density at radius 2 is 2.00 bits per heavy atom. The number of halogens is 2. The van der Waals surface area contributed by atoms with Gasteiger partial charge in [-0.05, 0) is 53.6 Å². The molecule has 4 nitrogen and oxygen atoms in total. The van der Waals surface area contributed by atoms with E-state index in [4.69, 9.17) is 16.3 Å². The molecule has 0 atom stereocenters. The van der Waals surface area contributed by atoms with Gasteiger partial charge in [0.1, 0.15) is 5.75 Å². The topological polar surface area (TPSA) is 51.2 Å². The molecule has 0 aliphatic rings. The minimum Gasteiger partial charge on any atom is -0.453 e. The molecular weight excluding hydrogens is 367 g/mol. The Morgan fingerprint density at radius 3 is 2.70 bits per heavy atom. The van der Waals surface area contributed by atoms with Gasteiger partial charge in [-0.15, -0.1) is 0 Å². The first-order chi connectivity index (χ1) is 13.1. The number of ether oxygens (including phenoxy) is 1. The molecule has 136 valence electrons. The molecule has 0 fully saturated rings. The average molecular weight is 383 g/mol. The van der Waals surface area contributed by atoms with Gasteiger partial charge in [0.15, 0.2) is 11.6 Å². The summed E-state index contributed by atoms with van der Waals surface area (Å²) in [6.07, 6.45) is 6.20. The number of benzene rings is 2. The lowest BCUT2D eigenvalue weighted by Crippen LogP contribution is -2.20.